The maximum atomic E-state index is 11.7. The maximum Gasteiger partial charge on any atom is 0.221 e. The fourth-order valence-electron chi connectivity index (χ4n) is 2.14. The Balaban J connectivity index is 1.61. The topological polar surface area (TPSA) is 41.1 Å². The highest BCUT2D eigenvalue weighted by molar-refractivity contribution is 5.76. The first-order chi connectivity index (χ1) is 10.2. The molecule has 2 N–H and O–H groups in total. The van der Waals surface area contributed by atoms with Gasteiger partial charge in [-0.1, -0.05) is 60.2 Å². The smallest absolute Gasteiger partial charge is 0.221 e. The van der Waals surface area contributed by atoms with Crippen LogP contribution >= 0.6 is 0 Å². The normalized spacial score (nSPS) is 10.3. The number of rotatable bonds is 7. The van der Waals surface area contributed by atoms with E-state index in [0.717, 1.165) is 12.1 Å². The van der Waals surface area contributed by atoms with Gasteiger partial charge < -0.3 is 10.6 Å². The lowest BCUT2D eigenvalue weighted by Crippen LogP contribution is -2.27. The predicted molar refractivity (Wildman–Crippen MR) is 85.8 cm³/mol. The van der Waals surface area contributed by atoms with E-state index in [1.807, 2.05) is 30.3 Å². The summed E-state index contributed by atoms with van der Waals surface area (Å²) in [4.78, 5) is 11.7. The third-order valence-corrected chi connectivity index (χ3v) is 3.27. The molecule has 110 valence electrons. The van der Waals surface area contributed by atoms with Crippen molar-refractivity contribution in [3.8, 4) is 0 Å². The van der Waals surface area contributed by atoms with E-state index in [0.29, 0.717) is 19.5 Å². The van der Waals surface area contributed by atoms with Crippen molar-refractivity contribution < 1.29 is 4.79 Å². The fraction of sp³-hybridized carbons (Fsp3) is 0.278. The highest BCUT2D eigenvalue weighted by Gasteiger charge is 2.01. The Hall–Kier alpha value is -2.13. The van der Waals surface area contributed by atoms with Crippen molar-refractivity contribution in [3.63, 3.8) is 0 Å². The summed E-state index contributed by atoms with van der Waals surface area (Å²) in [5.74, 6) is 0.0793. The summed E-state index contributed by atoms with van der Waals surface area (Å²) >= 11 is 0. The fourth-order valence-corrected chi connectivity index (χ4v) is 2.14. The summed E-state index contributed by atoms with van der Waals surface area (Å²) in [5, 5.41) is 6.22. The third kappa shape index (κ3) is 5.79. The van der Waals surface area contributed by atoms with Crippen molar-refractivity contribution in [1.29, 1.82) is 0 Å². The average Bonchev–Trinajstić information content (AvgIpc) is 2.51. The number of carbonyl (C=O) groups is 1. The largest absolute Gasteiger partial charge is 0.352 e. The molecule has 0 bridgehead atoms. The molecule has 0 aliphatic rings. The van der Waals surface area contributed by atoms with Gasteiger partial charge in [0.15, 0.2) is 0 Å². The minimum absolute atomic E-state index is 0.0793. The number of benzene rings is 2. The van der Waals surface area contributed by atoms with Gasteiger partial charge in [-0.05, 0) is 18.1 Å². The summed E-state index contributed by atoms with van der Waals surface area (Å²) in [6.07, 6.45) is 0.499. The number of nitrogens with one attached hydrogen (secondary N) is 2. The SMILES string of the molecule is Cc1cccc(CNCCC(=O)NCc2ccccc2)c1. The Bertz CT molecular complexity index is 566. The second kappa shape index (κ2) is 8.22. The molecule has 0 aliphatic carbocycles. The van der Waals surface area contributed by atoms with Gasteiger partial charge in [0.2, 0.25) is 5.91 Å². The Morgan fingerprint density at radius 1 is 0.952 bits per heavy atom. The van der Waals surface area contributed by atoms with Crippen LogP contribution in [0.4, 0.5) is 0 Å². The van der Waals surface area contributed by atoms with Crippen LogP contribution in [0.2, 0.25) is 0 Å². The first-order valence-corrected chi connectivity index (χ1v) is 7.31. The summed E-state index contributed by atoms with van der Waals surface area (Å²) in [5.41, 5.74) is 3.63. The van der Waals surface area contributed by atoms with Gasteiger partial charge in [-0.15, -0.1) is 0 Å². The molecule has 3 heteroatoms. The molecule has 0 aliphatic heterocycles. The van der Waals surface area contributed by atoms with Gasteiger partial charge in [0.1, 0.15) is 0 Å². The van der Waals surface area contributed by atoms with Gasteiger partial charge in [-0.3, -0.25) is 4.79 Å². The van der Waals surface area contributed by atoms with Crippen molar-refractivity contribution in [1.82, 2.24) is 10.6 Å². The molecule has 0 heterocycles. The van der Waals surface area contributed by atoms with Crippen LogP contribution in [0.25, 0.3) is 0 Å². The zero-order valence-corrected chi connectivity index (χ0v) is 12.4. The van der Waals surface area contributed by atoms with Gasteiger partial charge in [0, 0.05) is 26.1 Å². The van der Waals surface area contributed by atoms with Gasteiger partial charge in [0.25, 0.3) is 0 Å². The minimum atomic E-state index is 0.0793. The number of aryl methyl sites for hydroxylation is 1. The minimum Gasteiger partial charge on any atom is -0.352 e. The molecular formula is C18H22N2O. The molecular weight excluding hydrogens is 260 g/mol. The molecule has 0 saturated carbocycles. The molecule has 0 saturated heterocycles. The molecule has 2 aromatic carbocycles. The van der Waals surface area contributed by atoms with Crippen LogP contribution in [-0.2, 0) is 17.9 Å². The molecule has 21 heavy (non-hydrogen) atoms. The first-order valence-electron chi connectivity index (χ1n) is 7.31. The van der Waals surface area contributed by atoms with E-state index in [2.05, 4.69) is 41.8 Å². The second-order valence-electron chi connectivity index (χ2n) is 5.18. The monoisotopic (exact) mass is 282 g/mol. The van der Waals surface area contributed by atoms with Crippen molar-refractivity contribution in [2.75, 3.05) is 6.54 Å². The molecule has 0 radical (unpaired) electrons. The molecule has 2 aromatic rings. The Kier molecular flexibility index (Phi) is 5.98. The van der Waals surface area contributed by atoms with Crippen molar-refractivity contribution >= 4 is 5.91 Å². The molecule has 0 fully saturated rings. The van der Waals surface area contributed by atoms with E-state index in [1.165, 1.54) is 11.1 Å². The lowest BCUT2D eigenvalue weighted by atomic mass is 10.1. The Morgan fingerprint density at radius 3 is 2.48 bits per heavy atom. The third-order valence-electron chi connectivity index (χ3n) is 3.27. The van der Waals surface area contributed by atoms with Gasteiger partial charge in [-0.2, -0.15) is 0 Å². The molecule has 0 spiro atoms. The summed E-state index contributed by atoms with van der Waals surface area (Å²) in [6.45, 7) is 4.17. The number of hydrogen-bond acceptors (Lipinski definition) is 2. The van der Waals surface area contributed by atoms with E-state index < -0.39 is 0 Å². The number of amides is 1. The molecule has 2 rings (SSSR count). The van der Waals surface area contributed by atoms with Crippen LogP contribution in [0.5, 0.6) is 0 Å². The molecule has 0 atom stereocenters. The maximum absolute atomic E-state index is 11.7. The highest BCUT2D eigenvalue weighted by atomic mass is 16.1. The lowest BCUT2D eigenvalue weighted by molar-refractivity contribution is -0.121. The van der Waals surface area contributed by atoms with E-state index >= 15 is 0 Å². The van der Waals surface area contributed by atoms with Crippen molar-refractivity contribution in [2.24, 2.45) is 0 Å². The summed E-state index contributed by atoms with van der Waals surface area (Å²) in [7, 11) is 0. The summed E-state index contributed by atoms with van der Waals surface area (Å²) < 4.78 is 0. The van der Waals surface area contributed by atoms with E-state index in [4.69, 9.17) is 0 Å². The van der Waals surface area contributed by atoms with Gasteiger partial charge in [0.05, 0.1) is 0 Å². The average molecular weight is 282 g/mol. The quantitative estimate of drug-likeness (QED) is 0.767. The van der Waals surface area contributed by atoms with E-state index in [-0.39, 0.29) is 5.91 Å². The molecule has 1 amide bonds. The Labute approximate surface area is 126 Å². The van der Waals surface area contributed by atoms with Crippen molar-refractivity contribution in [3.05, 3.63) is 71.3 Å². The second-order valence-corrected chi connectivity index (χ2v) is 5.18. The van der Waals surface area contributed by atoms with Crippen LogP contribution in [0.1, 0.15) is 23.1 Å². The first kappa shape index (κ1) is 15.3. The van der Waals surface area contributed by atoms with Crippen LogP contribution in [0.3, 0.4) is 0 Å². The van der Waals surface area contributed by atoms with E-state index in [9.17, 15) is 4.79 Å². The van der Waals surface area contributed by atoms with Crippen LogP contribution in [0.15, 0.2) is 54.6 Å². The van der Waals surface area contributed by atoms with Crippen LogP contribution < -0.4 is 10.6 Å². The lowest BCUT2D eigenvalue weighted by Gasteiger charge is -2.07. The number of carbonyl (C=O) groups excluding carboxylic acids is 1. The van der Waals surface area contributed by atoms with Crippen LogP contribution in [-0.4, -0.2) is 12.5 Å². The molecule has 0 aromatic heterocycles. The zero-order chi connectivity index (χ0) is 14.9. The predicted octanol–water partition coefficient (Wildman–Crippen LogP) is 2.79. The van der Waals surface area contributed by atoms with E-state index in [1.54, 1.807) is 0 Å². The highest BCUT2D eigenvalue weighted by Crippen LogP contribution is 2.03. The van der Waals surface area contributed by atoms with Crippen LogP contribution in [0, 0.1) is 6.92 Å². The van der Waals surface area contributed by atoms with Crippen molar-refractivity contribution in [2.45, 2.75) is 26.4 Å². The standard InChI is InChI=1S/C18H22N2O/c1-15-6-5-9-17(12-15)13-19-11-10-18(21)20-14-16-7-3-2-4-8-16/h2-9,12,19H,10-11,13-14H2,1H3,(H,20,21). The zero-order valence-electron chi connectivity index (χ0n) is 12.4. The summed E-state index contributed by atoms with van der Waals surface area (Å²) in [6, 6.07) is 18.3. The Morgan fingerprint density at radius 2 is 1.71 bits per heavy atom. The van der Waals surface area contributed by atoms with Gasteiger partial charge in [-0.25, -0.2) is 0 Å². The molecule has 3 nitrogen and oxygen atoms in total. The molecule has 0 unspecified atom stereocenters. The number of hydrogen-bond donors (Lipinski definition) is 2. The van der Waals surface area contributed by atoms with Gasteiger partial charge >= 0.3 is 0 Å².